The van der Waals surface area contributed by atoms with Crippen molar-refractivity contribution in [1.29, 1.82) is 0 Å². The van der Waals surface area contributed by atoms with E-state index in [4.69, 9.17) is 13.9 Å². The number of nitrogens with one attached hydrogen (secondary N) is 1. The van der Waals surface area contributed by atoms with Crippen LogP contribution in [0, 0.1) is 0 Å². The summed E-state index contributed by atoms with van der Waals surface area (Å²) >= 11 is 1.11. The van der Waals surface area contributed by atoms with Gasteiger partial charge < -0.3 is 19.2 Å². The number of imide groups is 1. The highest BCUT2D eigenvalue weighted by atomic mass is 32.2. The summed E-state index contributed by atoms with van der Waals surface area (Å²) in [5.41, 5.74) is 0.696. The molecule has 3 amide bonds. The van der Waals surface area contributed by atoms with Gasteiger partial charge in [-0.1, -0.05) is 11.8 Å². The van der Waals surface area contributed by atoms with Gasteiger partial charge >= 0.3 is 6.03 Å². The van der Waals surface area contributed by atoms with E-state index in [2.05, 4.69) is 15.5 Å². The molecule has 9 nitrogen and oxygen atoms in total. The number of amides is 3. The number of fused-ring (bicyclic) bond motifs is 1. The lowest BCUT2D eigenvalue weighted by Crippen LogP contribution is -2.38. The number of hydrogen-bond donors (Lipinski definition) is 1. The second kappa shape index (κ2) is 6.28. The highest BCUT2D eigenvalue weighted by Crippen LogP contribution is 2.36. The molecule has 4 rings (SSSR count). The number of carbonyl (C=O) groups excluding carboxylic acids is 2. The van der Waals surface area contributed by atoms with Gasteiger partial charge in [0, 0.05) is 18.7 Å². The van der Waals surface area contributed by atoms with Gasteiger partial charge in [-0.15, -0.1) is 10.2 Å². The smallest absolute Gasteiger partial charge is 0.324 e. The maximum absolute atomic E-state index is 12.3. The maximum atomic E-state index is 12.3. The van der Waals surface area contributed by atoms with E-state index in [0.717, 1.165) is 11.8 Å². The molecule has 2 aliphatic rings. The number of aromatic nitrogens is 2. The van der Waals surface area contributed by atoms with Gasteiger partial charge in [0.2, 0.25) is 18.6 Å². The van der Waals surface area contributed by atoms with Gasteiger partial charge in [-0.2, -0.15) is 0 Å². The van der Waals surface area contributed by atoms with Crippen LogP contribution in [-0.4, -0.2) is 52.2 Å². The van der Waals surface area contributed by atoms with Gasteiger partial charge in [0.05, 0.1) is 5.25 Å². The zero-order valence-electron chi connectivity index (χ0n) is 13.2. The molecule has 1 saturated heterocycles. The van der Waals surface area contributed by atoms with Crippen LogP contribution in [0.25, 0.3) is 11.5 Å². The summed E-state index contributed by atoms with van der Waals surface area (Å²) in [4.78, 5) is 25.0. The van der Waals surface area contributed by atoms with E-state index in [0.29, 0.717) is 36.0 Å². The Morgan fingerprint density at radius 1 is 1.32 bits per heavy atom. The van der Waals surface area contributed by atoms with Crippen LogP contribution >= 0.6 is 11.8 Å². The molecule has 130 valence electrons. The van der Waals surface area contributed by atoms with Crippen molar-refractivity contribution in [2.24, 2.45) is 0 Å². The van der Waals surface area contributed by atoms with Gasteiger partial charge in [-0.25, -0.2) is 4.79 Å². The predicted octanol–water partition coefficient (Wildman–Crippen LogP) is 1.50. The number of rotatable bonds is 4. The van der Waals surface area contributed by atoms with Crippen molar-refractivity contribution < 1.29 is 23.5 Å². The topological polar surface area (TPSA) is 107 Å². The first-order valence-corrected chi connectivity index (χ1v) is 8.49. The molecular weight excluding hydrogens is 348 g/mol. The van der Waals surface area contributed by atoms with Gasteiger partial charge in [-0.3, -0.25) is 9.69 Å². The zero-order chi connectivity index (χ0) is 17.4. The molecule has 10 heteroatoms. The standard InChI is InChI=1S/C15H14N4O5S/c1-8(13(20)19-5-4-16-14(19)21)25-15-18-17-12(24-15)9-2-3-10-11(6-9)23-7-22-10/h2-3,6,8H,4-5,7H2,1H3,(H,16,21). The summed E-state index contributed by atoms with van der Waals surface area (Å²) in [6.45, 7) is 2.72. The van der Waals surface area contributed by atoms with E-state index in [1.54, 1.807) is 25.1 Å². The van der Waals surface area contributed by atoms with Crippen LogP contribution in [0.3, 0.4) is 0 Å². The number of urea groups is 1. The number of hydrogen-bond acceptors (Lipinski definition) is 8. The number of thioether (sulfide) groups is 1. The molecule has 0 bridgehead atoms. The highest BCUT2D eigenvalue weighted by Gasteiger charge is 2.31. The van der Waals surface area contributed by atoms with E-state index >= 15 is 0 Å². The fraction of sp³-hybridized carbons (Fsp3) is 0.333. The molecule has 1 aromatic heterocycles. The van der Waals surface area contributed by atoms with Crippen molar-refractivity contribution in [2.45, 2.75) is 17.4 Å². The second-order valence-electron chi connectivity index (χ2n) is 5.42. The molecule has 25 heavy (non-hydrogen) atoms. The minimum Gasteiger partial charge on any atom is -0.454 e. The van der Waals surface area contributed by atoms with Crippen LogP contribution in [0.2, 0.25) is 0 Å². The van der Waals surface area contributed by atoms with E-state index in [9.17, 15) is 9.59 Å². The maximum Gasteiger partial charge on any atom is 0.324 e. The molecule has 1 aromatic carbocycles. The molecule has 0 saturated carbocycles. The number of benzene rings is 1. The minimum atomic E-state index is -0.520. The Kier molecular flexibility index (Phi) is 3.96. The molecule has 1 unspecified atom stereocenters. The Bertz CT molecular complexity index is 839. The Balaban J connectivity index is 1.46. The molecule has 1 N–H and O–H groups in total. The highest BCUT2D eigenvalue weighted by molar-refractivity contribution is 8.00. The van der Waals surface area contributed by atoms with Crippen LogP contribution in [0.5, 0.6) is 11.5 Å². The third-order valence-corrected chi connectivity index (χ3v) is 4.70. The average Bonchev–Trinajstić information content (AvgIpc) is 3.33. The lowest BCUT2D eigenvalue weighted by atomic mass is 10.2. The SMILES string of the molecule is CC(Sc1nnc(-c2ccc3c(c2)OCO3)o1)C(=O)N1CCNC1=O. The number of ether oxygens (including phenoxy) is 2. The van der Waals surface area contributed by atoms with Crippen molar-refractivity contribution in [3.63, 3.8) is 0 Å². The summed E-state index contributed by atoms with van der Waals surface area (Å²) in [5, 5.41) is 10.3. The van der Waals surface area contributed by atoms with Crippen LogP contribution in [0.4, 0.5) is 4.79 Å². The Labute approximate surface area is 146 Å². The number of carbonyl (C=O) groups is 2. The van der Waals surface area contributed by atoms with Gasteiger partial charge in [-0.05, 0) is 25.1 Å². The Morgan fingerprint density at radius 2 is 2.16 bits per heavy atom. The second-order valence-corrected chi connectivity index (χ2v) is 6.72. The number of nitrogens with zero attached hydrogens (tertiary/aromatic N) is 3. The summed E-state index contributed by atoms with van der Waals surface area (Å²) < 4.78 is 16.2. The first-order chi connectivity index (χ1) is 12.1. The molecule has 2 aromatic rings. The third-order valence-electron chi connectivity index (χ3n) is 3.77. The van der Waals surface area contributed by atoms with Crippen LogP contribution in [0.1, 0.15) is 6.92 Å². The van der Waals surface area contributed by atoms with Crippen LogP contribution < -0.4 is 14.8 Å². The molecule has 2 aliphatic heterocycles. The van der Waals surface area contributed by atoms with Gasteiger partial charge in [0.1, 0.15) is 0 Å². The quantitative estimate of drug-likeness (QED) is 0.816. The van der Waals surface area contributed by atoms with Crippen molar-refractivity contribution in [2.75, 3.05) is 19.9 Å². The van der Waals surface area contributed by atoms with Gasteiger partial charge in [0.25, 0.3) is 5.22 Å². The van der Waals surface area contributed by atoms with Crippen molar-refractivity contribution in [3.8, 4) is 23.0 Å². The normalized spacial score (nSPS) is 16.8. The summed E-state index contributed by atoms with van der Waals surface area (Å²) in [6.07, 6.45) is 0. The Morgan fingerprint density at radius 3 is 2.96 bits per heavy atom. The Hall–Kier alpha value is -2.75. The molecular formula is C15H14N4O5S. The summed E-state index contributed by atoms with van der Waals surface area (Å²) in [5.74, 6) is 1.32. The third kappa shape index (κ3) is 3.00. The fourth-order valence-corrected chi connectivity index (χ4v) is 3.25. The lowest BCUT2D eigenvalue weighted by Gasteiger charge is -2.15. The van der Waals surface area contributed by atoms with Crippen molar-refractivity contribution >= 4 is 23.7 Å². The van der Waals surface area contributed by atoms with Crippen molar-refractivity contribution in [1.82, 2.24) is 20.4 Å². The van der Waals surface area contributed by atoms with E-state index in [-0.39, 0.29) is 24.0 Å². The van der Waals surface area contributed by atoms with E-state index < -0.39 is 5.25 Å². The first-order valence-electron chi connectivity index (χ1n) is 7.61. The minimum absolute atomic E-state index is 0.188. The molecule has 1 fully saturated rings. The van der Waals surface area contributed by atoms with Crippen molar-refractivity contribution in [3.05, 3.63) is 18.2 Å². The largest absolute Gasteiger partial charge is 0.454 e. The summed E-state index contributed by atoms with van der Waals surface area (Å²) in [7, 11) is 0. The average molecular weight is 362 g/mol. The van der Waals surface area contributed by atoms with Crippen LogP contribution in [0.15, 0.2) is 27.8 Å². The predicted molar refractivity (Wildman–Crippen MR) is 86.3 cm³/mol. The van der Waals surface area contributed by atoms with E-state index in [1.807, 2.05) is 0 Å². The molecule has 0 spiro atoms. The van der Waals surface area contributed by atoms with Crippen LogP contribution in [-0.2, 0) is 4.79 Å². The monoisotopic (exact) mass is 362 g/mol. The zero-order valence-corrected chi connectivity index (χ0v) is 14.0. The first kappa shape index (κ1) is 15.8. The van der Waals surface area contributed by atoms with E-state index in [1.165, 1.54) is 4.90 Å². The molecule has 0 radical (unpaired) electrons. The molecule has 1 atom stereocenters. The summed E-state index contributed by atoms with van der Waals surface area (Å²) in [6, 6.07) is 4.95. The molecule has 0 aliphatic carbocycles. The van der Waals surface area contributed by atoms with Gasteiger partial charge in [0.15, 0.2) is 11.5 Å². The fourth-order valence-electron chi connectivity index (χ4n) is 2.51. The lowest BCUT2D eigenvalue weighted by molar-refractivity contribution is -0.126. The molecule has 3 heterocycles.